The van der Waals surface area contributed by atoms with Gasteiger partial charge in [0.05, 0.1) is 43.8 Å². The fourth-order valence-corrected chi connectivity index (χ4v) is 3.35. The van der Waals surface area contributed by atoms with Crippen molar-refractivity contribution >= 4 is 5.91 Å². The zero-order valence-electron chi connectivity index (χ0n) is 15.8. The topological polar surface area (TPSA) is 98.4 Å². The molecule has 4 rings (SSSR count). The molecule has 1 aliphatic heterocycles. The number of fused-ring (bicyclic) bond motifs is 1. The molecule has 0 fully saturated rings. The predicted molar refractivity (Wildman–Crippen MR) is 103 cm³/mol. The molecule has 8 heteroatoms. The fourth-order valence-electron chi connectivity index (χ4n) is 3.35. The third kappa shape index (κ3) is 2.92. The average molecular weight is 380 g/mol. The van der Waals surface area contributed by atoms with Crippen molar-refractivity contribution in [2.75, 3.05) is 27.9 Å². The zero-order valence-corrected chi connectivity index (χ0v) is 15.8. The Hall–Kier alpha value is -3.55. The maximum absolute atomic E-state index is 12.0. The average Bonchev–Trinajstić information content (AvgIpc) is 3.18. The van der Waals surface area contributed by atoms with Gasteiger partial charge in [0.1, 0.15) is 0 Å². The van der Waals surface area contributed by atoms with Gasteiger partial charge in [-0.2, -0.15) is 0 Å². The lowest BCUT2D eigenvalue weighted by atomic mass is 10.1. The van der Waals surface area contributed by atoms with Crippen molar-refractivity contribution in [1.82, 2.24) is 20.3 Å². The molecule has 0 saturated carbocycles. The third-order valence-corrected chi connectivity index (χ3v) is 4.68. The highest BCUT2D eigenvalue weighted by Gasteiger charge is 2.22. The molecule has 144 valence electrons. The van der Waals surface area contributed by atoms with Crippen molar-refractivity contribution in [3.63, 3.8) is 0 Å². The number of ether oxygens (including phenoxy) is 3. The van der Waals surface area contributed by atoms with Gasteiger partial charge >= 0.3 is 0 Å². The minimum absolute atomic E-state index is 0.0698. The van der Waals surface area contributed by atoms with E-state index in [9.17, 15) is 4.79 Å². The first kappa shape index (κ1) is 17.8. The molecule has 0 radical (unpaired) electrons. The Labute approximate surface area is 161 Å². The highest BCUT2D eigenvalue weighted by atomic mass is 16.5. The van der Waals surface area contributed by atoms with Crippen molar-refractivity contribution in [3.8, 4) is 40.0 Å². The lowest BCUT2D eigenvalue weighted by Crippen LogP contribution is -2.31. The molecule has 1 amide bonds. The summed E-state index contributed by atoms with van der Waals surface area (Å²) in [6.45, 7) is 0.629. The Morgan fingerprint density at radius 3 is 2.54 bits per heavy atom. The molecule has 2 aromatic heterocycles. The van der Waals surface area contributed by atoms with Gasteiger partial charge in [0.25, 0.3) is 5.91 Å². The summed E-state index contributed by atoms with van der Waals surface area (Å²) in [5.74, 6) is 1.93. The first-order valence-corrected chi connectivity index (χ1v) is 8.79. The summed E-state index contributed by atoms with van der Waals surface area (Å²) in [6, 6.07) is 7.23. The quantitative estimate of drug-likeness (QED) is 0.706. The van der Waals surface area contributed by atoms with Crippen molar-refractivity contribution in [3.05, 3.63) is 41.7 Å². The van der Waals surface area contributed by atoms with E-state index in [1.807, 2.05) is 12.1 Å². The number of aromatic nitrogens is 3. The van der Waals surface area contributed by atoms with Gasteiger partial charge in [0.15, 0.2) is 17.3 Å². The van der Waals surface area contributed by atoms with Crippen LogP contribution >= 0.6 is 0 Å². The molecule has 8 nitrogen and oxygen atoms in total. The van der Waals surface area contributed by atoms with Crippen molar-refractivity contribution in [1.29, 1.82) is 0 Å². The maximum Gasteiger partial charge on any atom is 0.253 e. The van der Waals surface area contributed by atoms with Crippen LogP contribution in [0.1, 0.15) is 16.1 Å². The van der Waals surface area contributed by atoms with Crippen LogP contribution in [-0.4, -0.2) is 48.7 Å². The minimum Gasteiger partial charge on any atom is -0.493 e. The Balaban J connectivity index is 1.79. The largest absolute Gasteiger partial charge is 0.493 e. The second kappa shape index (κ2) is 7.22. The summed E-state index contributed by atoms with van der Waals surface area (Å²) in [4.78, 5) is 24.4. The molecule has 0 bridgehead atoms. The predicted octanol–water partition coefficient (Wildman–Crippen LogP) is 2.45. The number of nitrogens with one attached hydrogen (secondary N) is 2. The second-order valence-corrected chi connectivity index (χ2v) is 6.23. The zero-order chi connectivity index (χ0) is 19.7. The molecule has 0 saturated heterocycles. The van der Waals surface area contributed by atoms with E-state index in [4.69, 9.17) is 14.2 Å². The molecule has 2 N–H and O–H groups in total. The number of hydrogen-bond donors (Lipinski definition) is 2. The first-order valence-electron chi connectivity index (χ1n) is 8.79. The number of methoxy groups -OCH3 is 3. The molecular weight excluding hydrogens is 360 g/mol. The Bertz CT molecular complexity index is 1040. The molecule has 1 aliphatic rings. The van der Waals surface area contributed by atoms with E-state index in [1.54, 1.807) is 39.7 Å². The van der Waals surface area contributed by atoms with Crippen LogP contribution in [-0.2, 0) is 6.42 Å². The molecule has 28 heavy (non-hydrogen) atoms. The van der Waals surface area contributed by atoms with Crippen molar-refractivity contribution in [2.45, 2.75) is 6.42 Å². The van der Waals surface area contributed by atoms with Gasteiger partial charge in [-0.3, -0.25) is 4.79 Å². The molecule has 0 unspecified atom stereocenters. The summed E-state index contributed by atoms with van der Waals surface area (Å²) < 4.78 is 16.3. The smallest absolute Gasteiger partial charge is 0.253 e. The Kier molecular flexibility index (Phi) is 4.60. The summed E-state index contributed by atoms with van der Waals surface area (Å²) in [6.07, 6.45) is 2.44. The highest BCUT2D eigenvalue weighted by Crippen LogP contribution is 2.43. The molecule has 1 aromatic carbocycles. The fraction of sp³-hybridized carbons (Fsp3) is 0.250. The van der Waals surface area contributed by atoms with Crippen LogP contribution in [0.25, 0.3) is 22.8 Å². The highest BCUT2D eigenvalue weighted by molar-refractivity contribution is 5.97. The number of carbonyl (C=O) groups is 1. The van der Waals surface area contributed by atoms with Crippen molar-refractivity contribution in [2.24, 2.45) is 0 Å². The maximum atomic E-state index is 12.0. The van der Waals surface area contributed by atoms with Crippen LogP contribution < -0.4 is 19.5 Å². The Morgan fingerprint density at radius 2 is 1.82 bits per heavy atom. The van der Waals surface area contributed by atoms with E-state index < -0.39 is 0 Å². The van der Waals surface area contributed by atoms with Crippen LogP contribution in [0.2, 0.25) is 0 Å². The van der Waals surface area contributed by atoms with Gasteiger partial charge in [0.2, 0.25) is 5.75 Å². The molecule has 3 heterocycles. The number of aromatic amines is 1. The summed E-state index contributed by atoms with van der Waals surface area (Å²) in [7, 11) is 4.68. The normalized spacial score (nSPS) is 12.9. The third-order valence-electron chi connectivity index (χ3n) is 4.68. The summed E-state index contributed by atoms with van der Waals surface area (Å²) in [5.41, 5.74) is 3.71. The molecule has 0 atom stereocenters. The number of hydrogen-bond acceptors (Lipinski definition) is 6. The molecule has 0 aliphatic carbocycles. The van der Waals surface area contributed by atoms with E-state index in [0.717, 1.165) is 17.8 Å². The van der Waals surface area contributed by atoms with Crippen LogP contribution in [0.5, 0.6) is 17.2 Å². The van der Waals surface area contributed by atoms with Gasteiger partial charge in [-0.15, -0.1) is 0 Å². The van der Waals surface area contributed by atoms with Gasteiger partial charge in [-0.25, -0.2) is 9.97 Å². The number of benzene rings is 1. The molecule has 0 spiro atoms. The summed E-state index contributed by atoms with van der Waals surface area (Å²) in [5, 5.41) is 2.84. The van der Waals surface area contributed by atoms with Crippen LogP contribution in [0.3, 0.4) is 0 Å². The van der Waals surface area contributed by atoms with Gasteiger partial charge in [-0.05, 0) is 24.3 Å². The minimum atomic E-state index is -0.0698. The van der Waals surface area contributed by atoms with Gasteiger partial charge in [-0.1, -0.05) is 0 Å². The Morgan fingerprint density at radius 1 is 1.00 bits per heavy atom. The number of rotatable bonds is 5. The van der Waals surface area contributed by atoms with Crippen LogP contribution in [0.4, 0.5) is 0 Å². The lowest BCUT2D eigenvalue weighted by molar-refractivity contribution is 0.0946. The van der Waals surface area contributed by atoms with E-state index >= 15 is 0 Å². The van der Waals surface area contributed by atoms with Crippen LogP contribution in [0, 0.1) is 0 Å². The van der Waals surface area contributed by atoms with E-state index in [1.165, 1.54) is 0 Å². The van der Waals surface area contributed by atoms with Crippen molar-refractivity contribution < 1.29 is 19.0 Å². The molecular formula is C20H20N4O4. The van der Waals surface area contributed by atoms with E-state index in [-0.39, 0.29) is 5.91 Å². The monoisotopic (exact) mass is 380 g/mol. The van der Waals surface area contributed by atoms with Gasteiger partial charge in [0, 0.05) is 24.9 Å². The first-order chi connectivity index (χ1) is 13.7. The number of H-pyrrole nitrogens is 1. The van der Waals surface area contributed by atoms with E-state index in [2.05, 4.69) is 20.3 Å². The lowest BCUT2D eigenvalue weighted by Gasteiger charge is -2.15. The number of carbonyl (C=O) groups excluding carboxylic acids is 1. The number of amides is 1. The van der Waals surface area contributed by atoms with Gasteiger partial charge < -0.3 is 24.5 Å². The SMILES string of the molecule is COc1ccc(-c2nccc(-c3cc4c([nH]3)CCNC4=O)n2)c(OC)c1OC. The summed E-state index contributed by atoms with van der Waals surface area (Å²) >= 11 is 0. The van der Waals surface area contributed by atoms with Crippen LogP contribution in [0.15, 0.2) is 30.5 Å². The van der Waals surface area contributed by atoms with E-state index in [0.29, 0.717) is 46.4 Å². The molecule has 3 aromatic rings. The standard InChI is InChI=1S/C20H20N4O4/c1-26-16-5-4-11(17(27-2)18(16)28-3)19-21-8-7-14(24-19)15-10-12-13(23-15)6-9-22-20(12)25/h4-5,7-8,10,23H,6,9H2,1-3H3,(H,22,25). The number of nitrogens with zero attached hydrogens (tertiary/aromatic N) is 2. The second-order valence-electron chi connectivity index (χ2n) is 6.23.